The number of pyridine rings is 1. The van der Waals surface area contributed by atoms with Crippen LogP contribution in [0, 0.1) is 0 Å². The van der Waals surface area contributed by atoms with Gasteiger partial charge in [-0.3, -0.25) is 9.78 Å². The molecule has 0 fully saturated rings. The predicted octanol–water partition coefficient (Wildman–Crippen LogP) is 2.69. The zero-order valence-electron chi connectivity index (χ0n) is 12.6. The fourth-order valence-corrected chi connectivity index (χ4v) is 1.78. The lowest BCUT2D eigenvalue weighted by molar-refractivity contribution is -0.126. The molecule has 3 rings (SSSR count). The zero-order chi connectivity index (χ0) is 15.9. The second kappa shape index (κ2) is 8.60. The summed E-state index contributed by atoms with van der Waals surface area (Å²) in [6.07, 6.45) is 3.29. The predicted molar refractivity (Wildman–Crippen MR) is 88.5 cm³/mol. The van der Waals surface area contributed by atoms with Gasteiger partial charge in [0.05, 0.1) is 26.0 Å². The average Bonchev–Trinajstić information content (AvgIpc) is 2.97. The molecule has 0 saturated heterocycles. The molecule has 0 radical (unpaired) electrons. The van der Waals surface area contributed by atoms with Crippen molar-refractivity contribution in [1.29, 1.82) is 0 Å². The van der Waals surface area contributed by atoms with Crippen LogP contribution in [0.15, 0.2) is 41.1 Å². The number of nitrogen functional groups attached to an aromatic ring is 1. The van der Waals surface area contributed by atoms with Gasteiger partial charge in [-0.05, 0) is 24.3 Å². The number of fused-ring (bicyclic) bond motifs is 1. The summed E-state index contributed by atoms with van der Waals surface area (Å²) in [6.45, 7) is 0.375. The molecular weight excluding hydrogens is 322 g/mol. The second-order valence-corrected chi connectivity index (χ2v) is 4.15. The Kier molecular flexibility index (Phi) is 6.82. The highest BCUT2D eigenvalue weighted by Crippen LogP contribution is 2.31. The average molecular weight is 338 g/mol. The maximum absolute atomic E-state index is 8.95. The number of halogens is 1. The lowest BCUT2D eigenvalue weighted by atomic mass is 10.2. The Bertz CT molecular complexity index is 776. The molecule has 23 heavy (non-hydrogen) atoms. The molecule has 7 nitrogen and oxygen atoms in total. The third-order valence-electron chi connectivity index (χ3n) is 2.74. The number of carbonyl (C=O) groups excluding carboxylic acids is 1. The number of aromatic nitrogens is 2. The third kappa shape index (κ3) is 4.33. The fraction of sp³-hybridized carbons (Fsp3) is 0.133. The Morgan fingerprint density at radius 2 is 2.00 bits per heavy atom. The van der Waals surface area contributed by atoms with Crippen LogP contribution in [0.1, 0.15) is 0 Å². The van der Waals surface area contributed by atoms with Crippen molar-refractivity contribution >= 4 is 35.7 Å². The number of nitrogens with two attached hydrogens (primary N) is 1. The van der Waals surface area contributed by atoms with Crippen LogP contribution >= 0.6 is 12.4 Å². The van der Waals surface area contributed by atoms with Crippen molar-refractivity contribution < 1.29 is 18.7 Å². The van der Waals surface area contributed by atoms with E-state index in [2.05, 4.69) is 14.7 Å². The van der Waals surface area contributed by atoms with Crippen molar-refractivity contribution in [3.8, 4) is 17.2 Å². The van der Waals surface area contributed by atoms with Gasteiger partial charge in [0.15, 0.2) is 5.58 Å². The van der Waals surface area contributed by atoms with Crippen LogP contribution in [0.3, 0.4) is 0 Å². The van der Waals surface area contributed by atoms with Gasteiger partial charge >= 0.3 is 0 Å². The van der Waals surface area contributed by atoms with E-state index in [9.17, 15) is 0 Å². The number of anilines is 1. The summed E-state index contributed by atoms with van der Waals surface area (Å²) in [6, 6.07) is 7.15. The summed E-state index contributed by atoms with van der Waals surface area (Å²) in [5, 5.41) is 0. The van der Waals surface area contributed by atoms with E-state index in [4.69, 9.17) is 19.7 Å². The van der Waals surface area contributed by atoms with Crippen LogP contribution in [0.4, 0.5) is 5.69 Å². The summed E-state index contributed by atoms with van der Waals surface area (Å²) in [4.78, 5) is 17.3. The van der Waals surface area contributed by atoms with E-state index in [-0.39, 0.29) is 12.4 Å². The van der Waals surface area contributed by atoms with Gasteiger partial charge in [0.2, 0.25) is 5.89 Å². The largest absolute Gasteiger partial charge is 0.494 e. The Labute approximate surface area is 138 Å². The first kappa shape index (κ1) is 18.2. The highest BCUT2D eigenvalue weighted by molar-refractivity contribution is 5.85. The van der Waals surface area contributed by atoms with E-state index < -0.39 is 0 Å². The van der Waals surface area contributed by atoms with Crippen LogP contribution in [-0.2, 0) is 9.53 Å². The van der Waals surface area contributed by atoms with Gasteiger partial charge in [0, 0.05) is 11.9 Å². The molecule has 2 heterocycles. The number of carbonyl (C=O) groups is 1. The van der Waals surface area contributed by atoms with E-state index >= 15 is 0 Å². The maximum atomic E-state index is 8.95. The molecule has 0 bridgehead atoms. The number of nitrogens with zero attached hydrogens (tertiary/aromatic N) is 2. The molecule has 0 aliphatic heterocycles. The minimum absolute atomic E-state index is 0. The van der Waals surface area contributed by atoms with Gasteiger partial charge in [0.25, 0.3) is 6.47 Å². The van der Waals surface area contributed by atoms with Crippen LogP contribution in [0.25, 0.3) is 22.6 Å². The Balaban J connectivity index is 0.000000478. The molecule has 8 heteroatoms. The number of oxazole rings is 1. The standard InChI is InChI=1S/C13H11N3O2.C2H4O2.ClH/c1-17-12-7-15-5-4-9(12)13-16-10-6-8(14)2-3-11(10)18-13;1-4-2-3;/h2-7H,14H2,1H3;2H,1H3;1H. The number of ether oxygens (including phenoxy) is 2. The Morgan fingerprint density at radius 1 is 1.26 bits per heavy atom. The molecule has 0 amide bonds. The van der Waals surface area contributed by atoms with Crippen molar-refractivity contribution in [3.63, 3.8) is 0 Å². The molecular formula is C15H16ClN3O4. The molecule has 2 aromatic heterocycles. The summed E-state index contributed by atoms with van der Waals surface area (Å²) in [5.41, 5.74) is 8.55. The molecule has 0 saturated carbocycles. The van der Waals surface area contributed by atoms with E-state index in [0.29, 0.717) is 29.4 Å². The minimum atomic E-state index is 0. The van der Waals surface area contributed by atoms with Gasteiger partial charge in [0.1, 0.15) is 11.3 Å². The molecule has 0 unspecified atom stereocenters. The smallest absolute Gasteiger partial charge is 0.292 e. The fourth-order valence-electron chi connectivity index (χ4n) is 1.78. The van der Waals surface area contributed by atoms with Crippen LogP contribution in [-0.4, -0.2) is 30.7 Å². The number of rotatable bonds is 3. The Morgan fingerprint density at radius 3 is 2.65 bits per heavy atom. The van der Waals surface area contributed by atoms with Gasteiger partial charge in [-0.15, -0.1) is 12.4 Å². The highest BCUT2D eigenvalue weighted by Gasteiger charge is 2.12. The topological polar surface area (TPSA) is 100 Å². The summed E-state index contributed by atoms with van der Waals surface area (Å²) in [7, 11) is 2.90. The van der Waals surface area contributed by atoms with Crippen molar-refractivity contribution in [1.82, 2.24) is 9.97 Å². The van der Waals surface area contributed by atoms with E-state index in [1.165, 1.54) is 7.11 Å². The van der Waals surface area contributed by atoms with Gasteiger partial charge in [-0.25, -0.2) is 4.98 Å². The van der Waals surface area contributed by atoms with Crippen molar-refractivity contribution in [2.75, 3.05) is 20.0 Å². The SMILES string of the molecule is COC=O.COc1cnccc1-c1nc2cc(N)ccc2o1.Cl. The minimum Gasteiger partial charge on any atom is -0.494 e. The van der Waals surface area contributed by atoms with E-state index in [1.807, 2.05) is 0 Å². The van der Waals surface area contributed by atoms with Crippen molar-refractivity contribution in [2.24, 2.45) is 0 Å². The quantitative estimate of drug-likeness (QED) is 0.579. The number of benzene rings is 1. The summed E-state index contributed by atoms with van der Waals surface area (Å²) < 4.78 is 14.8. The number of hydrogen-bond donors (Lipinski definition) is 1. The molecule has 0 aliphatic rings. The first-order valence-electron chi connectivity index (χ1n) is 6.30. The first-order chi connectivity index (χ1) is 10.7. The summed E-state index contributed by atoms with van der Waals surface area (Å²) >= 11 is 0. The van der Waals surface area contributed by atoms with Gasteiger partial charge in [-0.1, -0.05) is 0 Å². The van der Waals surface area contributed by atoms with Gasteiger partial charge in [-0.2, -0.15) is 0 Å². The molecule has 3 aromatic rings. The molecule has 0 atom stereocenters. The summed E-state index contributed by atoms with van der Waals surface area (Å²) in [5.74, 6) is 1.12. The Hall–Kier alpha value is -2.80. The first-order valence-corrected chi connectivity index (χ1v) is 6.30. The molecule has 122 valence electrons. The number of hydrogen-bond acceptors (Lipinski definition) is 7. The van der Waals surface area contributed by atoms with Gasteiger partial charge < -0.3 is 19.6 Å². The number of methoxy groups -OCH3 is 2. The van der Waals surface area contributed by atoms with E-state index in [0.717, 1.165) is 11.1 Å². The monoisotopic (exact) mass is 337 g/mol. The molecule has 0 aliphatic carbocycles. The van der Waals surface area contributed by atoms with Crippen molar-refractivity contribution in [2.45, 2.75) is 0 Å². The third-order valence-corrected chi connectivity index (χ3v) is 2.74. The molecule has 0 spiro atoms. The lowest BCUT2D eigenvalue weighted by Crippen LogP contribution is -1.88. The van der Waals surface area contributed by atoms with Crippen LogP contribution < -0.4 is 10.5 Å². The lowest BCUT2D eigenvalue weighted by Gasteiger charge is -2.02. The zero-order valence-corrected chi connectivity index (χ0v) is 13.4. The molecule has 2 N–H and O–H groups in total. The van der Waals surface area contributed by atoms with Crippen LogP contribution in [0.5, 0.6) is 5.75 Å². The second-order valence-electron chi connectivity index (χ2n) is 4.15. The molecule has 1 aromatic carbocycles. The van der Waals surface area contributed by atoms with E-state index in [1.54, 1.807) is 43.8 Å². The van der Waals surface area contributed by atoms with Crippen LogP contribution in [0.2, 0.25) is 0 Å². The normalized spacial score (nSPS) is 9.30. The maximum Gasteiger partial charge on any atom is 0.292 e. The highest BCUT2D eigenvalue weighted by atomic mass is 35.5. The van der Waals surface area contributed by atoms with Crippen molar-refractivity contribution in [3.05, 3.63) is 36.7 Å².